The van der Waals surface area contributed by atoms with E-state index < -0.39 is 0 Å². The number of pyridine rings is 1. The highest BCUT2D eigenvalue weighted by atomic mass is 16.3. The molecule has 0 aliphatic carbocycles. The van der Waals surface area contributed by atoms with Crippen LogP contribution in [-0.4, -0.2) is 0 Å². The van der Waals surface area contributed by atoms with Crippen LogP contribution in [0.3, 0.4) is 0 Å². The SMILES string of the molecule is [C-]#[N+]c1ccc(C)c2c1oc1cc(-c3cccc[n+]3C)c(C)cc12. The predicted octanol–water partition coefficient (Wildman–Crippen LogP) is 5.25. The van der Waals surface area contributed by atoms with Crippen LogP contribution in [0.1, 0.15) is 11.1 Å². The Morgan fingerprint density at radius 2 is 1.88 bits per heavy atom. The van der Waals surface area contributed by atoms with Crippen LogP contribution in [0.25, 0.3) is 38.0 Å². The summed E-state index contributed by atoms with van der Waals surface area (Å²) in [5.74, 6) is 0. The topological polar surface area (TPSA) is 21.4 Å². The Bertz CT molecular complexity index is 1150. The quantitative estimate of drug-likeness (QED) is 0.347. The zero-order valence-electron chi connectivity index (χ0n) is 13.9. The molecule has 0 radical (unpaired) electrons. The van der Waals surface area contributed by atoms with Gasteiger partial charge in [-0.05, 0) is 43.2 Å². The summed E-state index contributed by atoms with van der Waals surface area (Å²) in [5.41, 5.74) is 6.69. The summed E-state index contributed by atoms with van der Waals surface area (Å²) in [6.45, 7) is 11.6. The van der Waals surface area contributed by atoms with E-state index in [1.807, 2.05) is 37.5 Å². The lowest BCUT2D eigenvalue weighted by Crippen LogP contribution is -2.30. The fourth-order valence-electron chi connectivity index (χ4n) is 3.35. The minimum absolute atomic E-state index is 0.566. The van der Waals surface area contributed by atoms with Gasteiger partial charge in [0.15, 0.2) is 6.20 Å². The number of nitrogens with zero attached hydrogens (tertiary/aromatic N) is 2. The van der Waals surface area contributed by atoms with E-state index in [9.17, 15) is 0 Å². The molecular formula is C21H17N2O+. The van der Waals surface area contributed by atoms with Gasteiger partial charge >= 0.3 is 0 Å². The molecule has 24 heavy (non-hydrogen) atoms. The minimum atomic E-state index is 0.566. The monoisotopic (exact) mass is 313 g/mol. The molecule has 0 fully saturated rings. The van der Waals surface area contributed by atoms with Crippen molar-refractivity contribution in [1.82, 2.24) is 0 Å². The van der Waals surface area contributed by atoms with Gasteiger partial charge in [0.1, 0.15) is 18.2 Å². The van der Waals surface area contributed by atoms with Crippen LogP contribution in [0.2, 0.25) is 0 Å². The molecule has 2 heterocycles. The van der Waals surface area contributed by atoms with E-state index in [-0.39, 0.29) is 0 Å². The molecule has 0 bridgehead atoms. The van der Waals surface area contributed by atoms with Gasteiger partial charge in [0.2, 0.25) is 11.4 Å². The Labute approximate surface area is 140 Å². The fraction of sp³-hybridized carbons (Fsp3) is 0.143. The van der Waals surface area contributed by atoms with Crippen molar-refractivity contribution in [3.63, 3.8) is 0 Å². The third-order valence-corrected chi connectivity index (χ3v) is 4.60. The molecule has 0 aliphatic rings. The third-order valence-electron chi connectivity index (χ3n) is 4.60. The zero-order valence-corrected chi connectivity index (χ0v) is 13.9. The van der Waals surface area contributed by atoms with Crippen molar-refractivity contribution in [1.29, 1.82) is 0 Å². The molecule has 0 aliphatic heterocycles. The van der Waals surface area contributed by atoms with Crippen LogP contribution in [-0.2, 0) is 7.05 Å². The Kier molecular flexibility index (Phi) is 3.14. The van der Waals surface area contributed by atoms with Crippen LogP contribution in [0.5, 0.6) is 0 Å². The van der Waals surface area contributed by atoms with Crippen LogP contribution < -0.4 is 4.57 Å². The Morgan fingerprint density at radius 1 is 1.04 bits per heavy atom. The van der Waals surface area contributed by atoms with Crippen molar-refractivity contribution in [2.45, 2.75) is 13.8 Å². The highest BCUT2D eigenvalue weighted by Gasteiger charge is 2.18. The molecule has 0 amide bonds. The van der Waals surface area contributed by atoms with E-state index in [4.69, 9.17) is 11.0 Å². The molecule has 3 nitrogen and oxygen atoms in total. The van der Waals surface area contributed by atoms with Gasteiger partial charge in [0.05, 0.1) is 12.1 Å². The van der Waals surface area contributed by atoms with E-state index >= 15 is 0 Å². The van der Waals surface area contributed by atoms with Crippen LogP contribution in [0, 0.1) is 20.4 Å². The molecule has 0 atom stereocenters. The summed E-state index contributed by atoms with van der Waals surface area (Å²) in [6, 6.07) is 14.2. The van der Waals surface area contributed by atoms with Crippen LogP contribution in [0.4, 0.5) is 5.69 Å². The first-order chi connectivity index (χ1) is 11.6. The molecule has 0 saturated heterocycles. The van der Waals surface area contributed by atoms with Gasteiger partial charge in [-0.3, -0.25) is 0 Å². The van der Waals surface area contributed by atoms with Gasteiger partial charge in [-0.1, -0.05) is 12.1 Å². The predicted molar refractivity (Wildman–Crippen MR) is 96.1 cm³/mol. The highest BCUT2D eigenvalue weighted by Crippen LogP contribution is 2.39. The van der Waals surface area contributed by atoms with Crippen molar-refractivity contribution < 1.29 is 8.98 Å². The third kappa shape index (κ3) is 2.00. The van der Waals surface area contributed by atoms with Gasteiger partial charge in [-0.15, -0.1) is 0 Å². The second-order valence-electron chi connectivity index (χ2n) is 6.18. The largest absolute Gasteiger partial charge is 0.467 e. The lowest BCUT2D eigenvalue weighted by molar-refractivity contribution is -0.660. The second-order valence-corrected chi connectivity index (χ2v) is 6.18. The summed E-state index contributed by atoms with van der Waals surface area (Å²) in [4.78, 5) is 3.60. The molecule has 116 valence electrons. The van der Waals surface area contributed by atoms with Crippen LogP contribution >= 0.6 is 0 Å². The number of aryl methyl sites for hydroxylation is 3. The lowest BCUT2D eigenvalue weighted by atomic mass is 10.00. The van der Waals surface area contributed by atoms with E-state index in [1.54, 1.807) is 0 Å². The number of fused-ring (bicyclic) bond motifs is 3. The highest BCUT2D eigenvalue weighted by molar-refractivity contribution is 6.11. The summed E-state index contributed by atoms with van der Waals surface area (Å²) in [7, 11) is 2.04. The maximum absolute atomic E-state index is 7.38. The molecule has 2 aromatic carbocycles. The van der Waals surface area contributed by atoms with Crippen molar-refractivity contribution in [2.75, 3.05) is 0 Å². The minimum Gasteiger partial charge on any atom is -0.467 e. The Hall–Kier alpha value is -3.12. The smallest absolute Gasteiger partial charge is 0.229 e. The van der Waals surface area contributed by atoms with Crippen molar-refractivity contribution >= 4 is 27.6 Å². The molecule has 4 rings (SSSR count). The summed E-state index contributed by atoms with van der Waals surface area (Å²) in [6.07, 6.45) is 2.04. The Morgan fingerprint density at radius 3 is 2.62 bits per heavy atom. The number of aromatic nitrogens is 1. The molecule has 0 saturated carbocycles. The molecule has 0 unspecified atom stereocenters. The average Bonchev–Trinajstić information content (AvgIpc) is 2.94. The summed E-state index contributed by atoms with van der Waals surface area (Å²) < 4.78 is 8.19. The summed E-state index contributed by atoms with van der Waals surface area (Å²) in [5, 5.41) is 2.12. The van der Waals surface area contributed by atoms with Gasteiger partial charge in [0, 0.05) is 22.9 Å². The molecule has 2 aromatic heterocycles. The van der Waals surface area contributed by atoms with Crippen molar-refractivity contribution in [3.05, 3.63) is 71.2 Å². The van der Waals surface area contributed by atoms with Crippen molar-refractivity contribution in [3.8, 4) is 11.3 Å². The molecular weight excluding hydrogens is 296 g/mol. The van der Waals surface area contributed by atoms with Crippen molar-refractivity contribution in [2.24, 2.45) is 7.05 Å². The first-order valence-electron chi connectivity index (χ1n) is 7.89. The number of furan rings is 1. The molecule has 0 N–H and O–H groups in total. The van der Waals surface area contributed by atoms with Crippen LogP contribution in [0.15, 0.2) is 53.1 Å². The van der Waals surface area contributed by atoms with Gasteiger partial charge in [-0.2, -0.15) is 0 Å². The maximum Gasteiger partial charge on any atom is 0.229 e. The number of rotatable bonds is 1. The lowest BCUT2D eigenvalue weighted by Gasteiger charge is -2.04. The number of benzene rings is 2. The first kappa shape index (κ1) is 14.5. The number of hydrogen-bond donors (Lipinski definition) is 0. The fourth-order valence-corrected chi connectivity index (χ4v) is 3.35. The van der Waals surface area contributed by atoms with Gasteiger partial charge < -0.3 is 4.42 Å². The Balaban J connectivity index is 2.10. The van der Waals surface area contributed by atoms with Gasteiger partial charge in [0.25, 0.3) is 0 Å². The molecule has 3 heteroatoms. The zero-order chi connectivity index (χ0) is 16.8. The average molecular weight is 313 g/mol. The number of hydrogen-bond acceptors (Lipinski definition) is 1. The standard InChI is InChI=1S/C21H17N2O/c1-13-8-9-17(22-3)21-20(13)16-11-14(2)15(12-19(16)24-21)18-7-5-6-10-23(18)4/h5-12H,1-2,4H3/q+1. The normalized spacial score (nSPS) is 11.1. The summed E-state index contributed by atoms with van der Waals surface area (Å²) >= 11 is 0. The second kappa shape index (κ2) is 5.21. The molecule has 0 spiro atoms. The van der Waals surface area contributed by atoms with E-state index in [1.165, 1.54) is 5.56 Å². The molecule has 4 aromatic rings. The van der Waals surface area contributed by atoms with E-state index in [0.29, 0.717) is 11.3 Å². The maximum atomic E-state index is 7.38. The van der Waals surface area contributed by atoms with Gasteiger partial charge in [-0.25, -0.2) is 9.41 Å². The van der Waals surface area contributed by atoms with E-state index in [0.717, 1.165) is 33.2 Å². The van der Waals surface area contributed by atoms with E-state index in [2.05, 4.69) is 41.5 Å². The first-order valence-corrected chi connectivity index (χ1v) is 7.89.